The number of hydrogen-bond donors (Lipinski definition) is 1. The lowest BCUT2D eigenvalue weighted by Crippen LogP contribution is -2.48. The van der Waals surface area contributed by atoms with Crippen LogP contribution in [-0.2, 0) is 7.05 Å². The smallest absolute Gasteiger partial charge is 0.254 e. The molecule has 2 aliphatic rings. The van der Waals surface area contributed by atoms with Gasteiger partial charge in [0.05, 0.1) is 11.3 Å². The first-order chi connectivity index (χ1) is 15.6. The SMILES string of the molecule is CN1[C@@H]2CC[C@H]1CC(NC(=O)c1c(-c3ccc4ccccc4c3)n(C)c3ccccc13)C2. The van der Waals surface area contributed by atoms with E-state index in [2.05, 4.69) is 83.5 Å². The summed E-state index contributed by atoms with van der Waals surface area (Å²) < 4.78 is 2.17. The molecule has 3 atom stereocenters. The molecule has 32 heavy (non-hydrogen) atoms. The maximum Gasteiger partial charge on any atom is 0.254 e. The normalized spacial score (nSPS) is 23.1. The molecule has 2 fully saturated rings. The second-order valence-electron chi connectivity index (χ2n) is 9.55. The summed E-state index contributed by atoms with van der Waals surface area (Å²) >= 11 is 0. The topological polar surface area (TPSA) is 37.3 Å². The van der Waals surface area contributed by atoms with Crippen LogP contribution < -0.4 is 5.32 Å². The van der Waals surface area contributed by atoms with Crippen LogP contribution in [-0.4, -0.2) is 40.5 Å². The number of aryl methyl sites for hydroxylation is 1. The van der Waals surface area contributed by atoms with Crippen LogP contribution in [0, 0.1) is 0 Å². The zero-order chi connectivity index (χ0) is 21.8. The first kappa shape index (κ1) is 19.6. The Labute approximate surface area is 188 Å². The highest BCUT2D eigenvalue weighted by Crippen LogP contribution is 2.37. The van der Waals surface area contributed by atoms with Gasteiger partial charge in [0, 0.05) is 36.1 Å². The van der Waals surface area contributed by atoms with Crippen LogP contribution >= 0.6 is 0 Å². The second kappa shape index (κ2) is 7.49. The minimum Gasteiger partial charge on any atom is -0.349 e. The van der Waals surface area contributed by atoms with Crippen molar-refractivity contribution in [3.05, 3.63) is 72.3 Å². The van der Waals surface area contributed by atoms with Crippen molar-refractivity contribution in [2.75, 3.05) is 7.05 Å². The van der Waals surface area contributed by atoms with E-state index >= 15 is 0 Å². The number of carbonyl (C=O) groups is 1. The van der Waals surface area contributed by atoms with E-state index in [0.717, 1.165) is 40.6 Å². The Balaban J connectivity index is 1.43. The molecule has 0 spiro atoms. The number of aromatic nitrogens is 1. The summed E-state index contributed by atoms with van der Waals surface area (Å²) in [5, 5.41) is 6.85. The molecule has 2 aliphatic heterocycles. The molecule has 3 heterocycles. The third-order valence-corrected chi connectivity index (χ3v) is 7.79. The fourth-order valence-electron chi connectivity index (χ4n) is 6.08. The molecule has 0 radical (unpaired) electrons. The van der Waals surface area contributed by atoms with Gasteiger partial charge >= 0.3 is 0 Å². The molecule has 2 saturated heterocycles. The zero-order valence-corrected chi connectivity index (χ0v) is 18.7. The van der Waals surface area contributed by atoms with Crippen molar-refractivity contribution in [1.82, 2.24) is 14.8 Å². The van der Waals surface area contributed by atoms with E-state index in [1.807, 2.05) is 12.1 Å². The number of nitrogens with one attached hydrogen (secondary N) is 1. The molecule has 2 bridgehead atoms. The monoisotopic (exact) mass is 423 g/mol. The largest absolute Gasteiger partial charge is 0.349 e. The van der Waals surface area contributed by atoms with Crippen molar-refractivity contribution in [1.29, 1.82) is 0 Å². The zero-order valence-electron chi connectivity index (χ0n) is 18.7. The lowest BCUT2D eigenvalue weighted by molar-refractivity contribution is 0.0884. The van der Waals surface area contributed by atoms with Crippen molar-refractivity contribution < 1.29 is 4.79 Å². The number of benzene rings is 3. The summed E-state index contributed by atoms with van der Waals surface area (Å²) in [4.78, 5) is 16.3. The van der Waals surface area contributed by atoms with Gasteiger partial charge in [-0.15, -0.1) is 0 Å². The molecule has 4 heteroatoms. The Hall–Kier alpha value is -3.11. The molecule has 1 aromatic heterocycles. The van der Waals surface area contributed by atoms with Crippen LogP contribution in [0.4, 0.5) is 0 Å². The van der Waals surface area contributed by atoms with E-state index in [4.69, 9.17) is 0 Å². The van der Waals surface area contributed by atoms with Gasteiger partial charge in [0.25, 0.3) is 5.91 Å². The molecule has 1 amide bonds. The molecule has 4 nitrogen and oxygen atoms in total. The third-order valence-electron chi connectivity index (χ3n) is 7.79. The molecular formula is C28H29N3O. The standard InChI is InChI=1S/C28H29N3O/c1-30-22-13-14-23(30)17-21(16-22)29-28(32)26-24-9-5-6-10-25(24)31(2)27(26)20-12-11-18-7-3-4-8-19(18)15-20/h3-12,15,21-23H,13-14,16-17H2,1-2H3,(H,29,32)/t21?,22-,23+. The lowest BCUT2D eigenvalue weighted by atomic mass is 9.96. The number of rotatable bonds is 3. The molecule has 1 unspecified atom stereocenters. The number of amides is 1. The highest BCUT2D eigenvalue weighted by molar-refractivity contribution is 6.13. The Bertz CT molecular complexity index is 1320. The maximum absolute atomic E-state index is 13.8. The highest BCUT2D eigenvalue weighted by Gasteiger charge is 2.39. The van der Waals surface area contributed by atoms with Crippen LogP contribution in [0.25, 0.3) is 32.9 Å². The fourth-order valence-corrected chi connectivity index (χ4v) is 6.08. The van der Waals surface area contributed by atoms with E-state index in [9.17, 15) is 4.79 Å². The van der Waals surface area contributed by atoms with Gasteiger partial charge in [0.2, 0.25) is 0 Å². The number of fused-ring (bicyclic) bond motifs is 4. The van der Waals surface area contributed by atoms with E-state index in [1.165, 1.54) is 23.6 Å². The summed E-state index contributed by atoms with van der Waals surface area (Å²) in [6.07, 6.45) is 4.61. The Morgan fingerprint density at radius 3 is 2.34 bits per heavy atom. The Morgan fingerprint density at radius 2 is 1.56 bits per heavy atom. The predicted molar refractivity (Wildman–Crippen MR) is 131 cm³/mol. The predicted octanol–water partition coefficient (Wildman–Crippen LogP) is 5.35. The quantitative estimate of drug-likeness (QED) is 0.482. The molecule has 162 valence electrons. The van der Waals surface area contributed by atoms with Crippen molar-refractivity contribution in [3.8, 4) is 11.3 Å². The molecule has 0 saturated carbocycles. The van der Waals surface area contributed by atoms with Crippen LogP contribution in [0.5, 0.6) is 0 Å². The van der Waals surface area contributed by atoms with Gasteiger partial charge in [-0.1, -0.05) is 54.6 Å². The summed E-state index contributed by atoms with van der Waals surface area (Å²) in [5.41, 5.74) is 3.95. The third kappa shape index (κ3) is 3.05. The van der Waals surface area contributed by atoms with Gasteiger partial charge in [-0.05, 0) is 61.2 Å². The minimum absolute atomic E-state index is 0.0545. The van der Waals surface area contributed by atoms with E-state index in [0.29, 0.717) is 12.1 Å². The molecule has 0 aliphatic carbocycles. The number of carbonyl (C=O) groups excluding carboxylic acids is 1. The number of piperidine rings is 1. The van der Waals surface area contributed by atoms with E-state index < -0.39 is 0 Å². The van der Waals surface area contributed by atoms with Crippen LogP contribution in [0.15, 0.2) is 66.7 Å². The van der Waals surface area contributed by atoms with Gasteiger partial charge in [0.1, 0.15) is 0 Å². The molecule has 1 N–H and O–H groups in total. The molecular weight excluding hydrogens is 394 g/mol. The number of hydrogen-bond acceptors (Lipinski definition) is 2. The van der Waals surface area contributed by atoms with Crippen molar-refractivity contribution in [3.63, 3.8) is 0 Å². The first-order valence-corrected chi connectivity index (χ1v) is 11.7. The first-order valence-electron chi connectivity index (χ1n) is 11.7. The van der Waals surface area contributed by atoms with Crippen LogP contribution in [0.1, 0.15) is 36.0 Å². The average Bonchev–Trinajstić information content (AvgIpc) is 3.20. The molecule has 6 rings (SSSR count). The van der Waals surface area contributed by atoms with Gasteiger partial charge in [0.15, 0.2) is 0 Å². The van der Waals surface area contributed by atoms with Gasteiger partial charge in [-0.25, -0.2) is 0 Å². The highest BCUT2D eigenvalue weighted by atomic mass is 16.1. The maximum atomic E-state index is 13.8. The summed E-state index contributed by atoms with van der Waals surface area (Å²) in [6, 6.07) is 24.6. The van der Waals surface area contributed by atoms with Crippen molar-refractivity contribution in [2.24, 2.45) is 7.05 Å². The average molecular weight is 424 g/mol. The summed E-state index contributed by atoms with van der Waals surface area (Å²) in [6.45, 7) is 0. The van der Waals surface area contributed by atoms with Crippen LogP contribution in [0.3, 0.4) is 0 Å². The van der Waals surface area contributed by atoms with Crippen molar-refractivity contribution in [2.45, 2.75) is 43.8 Å². The number of para-hydroxylation sites is 1. The molecule has 3 aromatic carbocycles. The Morgan fingerprint density at radius 1 is 0.875 bits per heavy atom. The second-order valence-corrected chi connectivity index (χ2v) is 9.55. The lowest BCUT2D eigenvalue weighted by Gasteiger charge is -2.36. The van der Waals surface area contributed by atoms with Crippen molar-refractivity contribution >= 4 is 27.6 Å². The minimum atomic E-state index is 0.0545. The van der Waals surface area contributed by atoms with Crippen LogP contribution in [0.2, 0.25) is 0 Å². The van der Waals surface area contributed by atoms with E-state index in [-0.39, 0.29) is 11.9 Å². The molecule has 4 aromatic rings. The van der Waals surface area contributed by atoms with Gasteiger partial charge < -0.3 is 14.8 Å². The van der Waals surface area contributed by atoms with Gasteiger partial charge in [-0.2, -0.15) is 0 Å². The summed E-state index contributed by atoms with van der Waals surface area (Å²) in [7, 11) is 4.31. The van der Waals surface area contributed by atoms with Gasteiger partial charge in [-0.3, -0.25) is 4.79 Å². The Kier molecular flexibility index (Phi) is 4.58. The van der Waals surface area contributed by atoms with E-state index in [1.54, 1.807) is 0 Å². The fraction of sp³-hybridized carbons (Fsp3) is 0.321. The summed E-state index contributed by atoms with van der Waals surface area (Å²) in [5.74, 6) is 0.0545. The number of nitrogens with zero attached hydrogens (tertiary/aromatic N) is 2.